The average molecular weight is 457 g/mol. The number of alkyl halides is 1. The van der Waals surface area contributed by atoms with Gasteiger partial charge in [-0.05, 0) is 71.9 Å². The van der Waals surface area contributed by atoms with Crippen molar-refractivity contribution in [3.05, 3.63) is 66.8 Å². The molecule has 0 aliphatic rings. The van der Waals surface area contributed by atoms with E-state index in [-0.39, 0.29) is 12.5 Å². The Morgan fingerprint density at radius 3 is 2.05 bits per heavy atom. The van der Waals surface area contributed by atoms with E-state index in [0.717, 1.165) is 15.6 Å². The molecule has 0 fully saturated rings. The molecule has 0 spiro atoms. The predicted molar refractivity (Wildman–Crippen MR) is 85.5 cm³/mol. The third-order valence-corrected chi connectivity index (χ3v) is 5.16. The van der Waals surface area contributed by atoms with Crippen LogP contribution in [0.1, 0.15) is 11.1 Å². The number of benzene rings is 2. The van der Waals surface area contributed by atoms with Crippen LogP contribution in [0.2, 0.25) is 0 Å². The summed E-state index contributed by atoms with van der Waals surface area (Å²) in [4.78, 5) is 0. The zero-order valence-electron chi connectivity index (χ0n) is 10.1. The lowest BCUT2D eigenvalue weighted by atomic mass is 10.2. The van der Waals surface area contributed by atoms with Crippen LogP contribution in [-0.4, -0.2) is 0 Å². The summed E-state index contributed by atoms with van der Waals surface area (Å²) in [7, 11) is 0. The number of hydrogen-bond acceptors (Lipinski definition) is 0. The summed E-state index contributed by atoms with van der Waals surface area (Å²) in [6.07, 6.45) is 0. The van der Waals surface area contributed by atoms with Gasteiger partial charge in [-0.15, -0.1) is 0 Å². The molecule has 102 valence electrons. The van der Waals surface area contributed by atoms with Crippen molar-refractivity contribution in [1.29, 1.82) is 0 Å². The van der Waals surface area contributed by atoms with Crippen molar-refractivity contribution in [1.82, 2.24) is 0 Å². The Morgan fingerprint density at radius 2 is 1.58 bits per heavy atom. The molecule has 0 N–H and O–H groups in total. The predicted octanol–water partition coefficient (Wildman–Crippen LogP) is 6.58. The molecule has 0 unspecified atom stereocenters. The van der Waals surface area contributed by atoms with Crippen LogP contribution in [0.4, 0.5) is 8.78 Å². The van der Waals surface area contributed by atoms with Crippen molar-refractivity contribution in [2.75, 3.05) is 0 Å². The molecule has 0 atom stereocenters. The Labute approximate surface area is 136 Å². The Bertz CT molecular complexity index is 516. The highest BCUT2D eigenvalue weighted by Gasteiger charge is 2.10. The number of rotatable bonds is 1. The van der Waals surface area contributed by atoms with Crippen LogP contribution in [0.15, 0.2) is 49.8 Å². The summed E-state index contributed by atoms with van der Waals surface area (Å²) in [6.45, 7) is 1.54. The van der Waals surface area contributed by atoms with E-state index >= 15 is 0 Å². The summed E-state index contributed by atoms with van der Waals surface area (Å²) in [5.74, 6) is -0.275. The van der Waals surface area contributed by atoms with Crippen molar-refractivity contribution >= 4 is 47.8 Å². The zero-order valence-corrected chi connectivity index (χ0v) is 14.8. The van der Waals surface area contributed by atoms with Gasteiger partial charge in [0.2, 0.25) is 0 Å². The average Bonchev–Trinajstić information content (AvgIpc) is 2.44. The lowest BCUT2D eigenvalue weighted by Gasteiger charge is -2.03. The van der Waals surface area contributed by atoms with Crippen LogP contribution in [0, 0.1) is 12.7 Å². The van der Waals surface area contributed by atoms with E-state index in [1.807, 2.05) is 25.1 Å². The molecule has 2 aromatic rings. The Kier molecular flexibility index (Phi) is 7.18. The summed E-state index contributed by atoms with van der Waals surface area (Å²) in [6, 6.07) is 10.8. The van der Waals surface area contributed by atoms with Crippen LogP contribution in [0.5, 0.6) is 0 Å². The van der Waals surface area contributed by atoms with E-state index in [9.17, 15) is 8.78 Å². The Hall–Kier alpha value is -0.260. The molecule has 0 saturated carbocycles. The smallest absolute Gasteiger partial charge is 0.152 e. The number of halogens is 5. The largest absolute Gasteiger partial charge is 0.246 e. The maximum atomic E-state index is 13.0. The molecule has 0 aliphatic carbocycles. The fourth-order valence-electron chi connectivity index (χ4n) is 1.26. The number of aryl methyl sites for hydroxylation is 1. The van der Waals surface area contributed by atoms with Gasteiger partial charge in [0.25, 0.3) is 0 Å². The van der Waals surface area contributed by atoms with Crippen LogP contribution >= 0.6 is 47.8 Å². The summed E-state index contributed by atoms with van der Waals surface area (Å²) in [5.41, 5.74) is 1.73. The molecule has 5 heteroatoms. The third kappa shape index (κ3) is 4.97. The molecular weight excluding hydrogens is 446 g/mol. The SMILES string of the molecule is Cc1cc(Br)c(F)c(Br)c1Br.FCc1ccccc1. The minimum Gasteiger partial charge on any atom is -0.246 e. The molecule has 19 heavy (non-hydrogen) atoms. The van der Waals surface area contributed by atoms with Crippen LogP contribution in [0.25, 0.3) is 0 Å². The van der Waals surface area contributed by atoms with E-state index < -0.39 is 0 Å². The molecule has 0 aliphatic heterocycles. The van der Waals surface area contributed by atoms with Crippen molar-refractivity contribution in [3.8, 4) is 0 Å². The molecule has 0 bridgehead atoms. The molecule has 2 rings (SSSR count). The highest BCUT2D eigenvalue weighted by Crippen LogP contribution is 2.33. The van der Waals surface area contributed by atoms with Gasteiger partial charge >= 0.3 is 0 Å². The summed E-state index contributed by atoms with van der Waals surface area (Å²) in [5, 5.41) is 0. The number of hydrogen-bond donors (Lipinski definition) is 0. The fraction of sp³-hybridized carbons (Fsp3) is 0.143. The summed E-state index contributed by atoms with van der Waals surface area (Å²) < 4.78 is 26.5. The molecule has 0 aromatic heterocycles. The van der Waals surface area contributed by atoms with Crippen molar-refractivity contribution in [2.45, 2.75) is 13.6 Å². The van der Waals surface area contributed by atoms with E-state index in [1.165, 1.54) is 0 Å². The van der Waals surface area contributed by atoms with Gasteiger partial charge in [0.1, 0.15) is 6.67 Å². The zero-order chi connectivity index (χ0) is 14.4. The molecule has 0 saturated heterocycles. The topological polar surface area (TPSA) is 0 Å². The first-order chi connectivity index (χ1) is 8.97. The molecule has 0 radical (unpaired) electrons. The molecule has 0 nitrogen and oxygen atoms in total. The van der Waals surface area contributed by atoms with E-state index in [4.69, 9.17) is 0 Å². The van der Waals surface area contributed by atoms with Gasteiger partial charge in [0.15, 0.2) is 5.82 Å². The van der Waals surface area contributed by atoms with Gasteiger partial charge in [-0.2, -0.15) is 0 Å². The normalized spacial score (nSPS) is 9.79. The third-order valence-electron chi connectivity index (χ3n) is 2.28. The molecule has 0 heterocycles. The fourth-order valence-corrected chi connectivity index (χ4v) is 2.88. The van der Waals surface area contributed by atoms with Crippen LogP contribution in [0.3, 0.4) is 0 Å². The van der Waals surface area contributed by atoms with E-state index in [0.29, 0.717) is 8.95 Å². The van der Waals surface area contributed by atoms with Crippen molar-refractivity contribution in [2.24, 2.45) is 0 Å². The molecule has 2 aromatic carbocycles. The molecular formula is C14H11Br3F2. The lowest BCUT2D eigenvalue weighted by Crippen LogP contribution is -1.85. The monoisotopic (exact) mass is 454 g/mol. The van der Waals surface area contributed by atoms with Gasteiger partial charge in [-0.25, -0.2) is 8.78 Å². The minimum atomic E-state index is -0.360. The summed E-state index contributed by atoms with van der Waals surface area (Å²) >= 11 is 9.49. The van der Waals surface area contributed by atoms with E-state index in [1.54, 1.807) is 18.2 Å². The first kappa shape index (κ1) is 16.8. The second-order valence-electron chi connectivity index (χ2n) is 3.74. The highest BCUT2D eigenvalue weighted by molar-refractivity contribution is 9.13. The minimum absolute atomic E-state index is 0.275. The van der Waals surface area contributed by atoms with Crippen molar-refractivity contribution < 1.29 is 8.78 Å². The van der Waals surface area contributed by atoms with Crippen LogP contribution in [-0.2, 0) is 6.67 Å². The second kappa shape index (κ2) is 8.12. The van der Waals surface area contributed by atoms with Gasteiger partial charge in [-0.1, -0.05) is 30.3 Å². The van der Waals surface area contributed by atoms with Gasteiger partial charge < -0.3 is 0 Å². The van der Waals surface area contributed by atoms with Gasteiger partial charge in [0, 0.05) is 4.47 Å². The highest BCUT2D eigenvalue weighted by atomic mass is 79.9. The van der Waals surface area contributed by atoms with Crippen LogP contribution < -0.4 is 0 Å². The molecule has 0 amide bonds. The lowest BCUT2D eigenvalue weighted by molar-refractivity contribution is 0.485. The first-order valence-corrected chi connectivity index (χ1v) is 7.74. The maximum absolute atomic E-state index is 13.0. The maximum Gasteiger partial charge on any atom is 0.152 e. The standard InChI is InChI=1S/C7H4Br3F.C7H7F/c1-3-2-4(8)7(11)6(10)5(3)9;8-6-7-4-2-1-3-5-7/h2H,1H3;1-5H,6H2. The Morgan fingerprint density at radius 1 is 1.00 bits per heavy atom. The second-order valence-corrected chi connectivity index (χ2v) is 6.18. The quantitative estimate of drug-likeness (QED) is 0.336. The first-order valence-electron chi connectivity index (χ1n) is 5.36. The van der Waals surface area contributed by atoms with Gasteiger partial charge in [-0.3, -0.25) is 0 Å². The van der Waals surface area contributed by atoms with Crippen molar-refractivity contribution in [3.63, 3.8) is 0 Å². The van der Waals surface area contributed by atoms with E-state index in [2.05, 4.69) is 47.8 Å². The van der Waals surface area contributed by atoms with Gasteiger partial charge in [0.05, 0.1) is 8.95 Å². The Balaban J connectivity index is 0.000000200.